The molecule has 2 rings (SSSR count). The van der Waals surface area contributed by atoms with Crippen LogP contribution in [0.15, 0.2) is 18.2 Å². The maximum atomic E-state index is 11.8. The molecule has 1 aromatic carbocycles. The fraction of sp³-hybridized carbons (Fsp3) is 0.500. The Morgan fingerprint density at radius 2 is 1.74 bits per heavy atom. The maximum Gasteiger partial charge on any atom is 0.213 e. The first kappa shape index (κ1) is 14.9. The van der Waals surface area contributed by atoms with Crippen molar-refractivity contribution in [3.63, 3.8) is 0 Å². The minimum atomic E-state index is -3.08. The van der Waals surface area contributed by atoms with Crippen molar-refractivity contribution in [2.24, 2.45) is 0 Å². The van der Waals surface area contributed by atoms with Crippen LogP contribution in [0.1, 0.15) is 6.92 Å². The summed E-state index contributed by atoms with van der Waals surface area (Å²) in [4.78, 5) is 2.11. The number of hydrogen-bond donors (Lipinski definition) is 0. The van der Waals surface area contributed by atoms with E-state index in [1.54, 1.807) is 17.3 Å². The van der Waals surface area contributed by atoms with Crippen molar-refractivity contribution >= 4 is 38.9 Å². The van der Waals surface area contributed by atoms with Crippen LogP contribution in [0.2, 0.25) is 10.0 Å². The fourth-order valence-corrected chi connectivity index (χ4v) is 3.47. The molecule has 7 heteroatoms. The second-order valence-corrected chi connectivity index (χ2v) is 7.46. The number of halogens is 2. The Morgan fingerprint density at radius 1 is 1.11 bits per heavy atom. The minimum Gasteiger partial charge on any atom is -0.369 e. The molecular weight excluding hydrogens is 307 g/mol. The molecule has 1 heterocycles. The van der Waals surface area contributed by atoms with E-state index < -0.39 is 10.0 Å². The van der Waals surface area contributed by atoms with Crippen molar-refractivity contribution in [3.05, 3.63) is 28.2 Å². The van der Waals surface area contributed by atoms with E-state index in [1.165, 1.54) is 0 Å². The summed E-state index contributed by atoms with van der Waals surface area (Å²) in [7, 11) is -3.08. The van der Waals surface area contributed by atoms with Crippen molar-refractivity contribution < 1.29 is 8.42 Å². The number of sulfonamides is 1. The largest absolute Gasteiger partial charge is 0.369 e. The van der Waals surface area contributed by atoms with Gasteiger partial charge >= 0.3 is 0 Å². The monoisotopic (exact) mass is 322 g/mol. The average Bonchev–Trinajstić information content (AvgIpc) is 2.42. The van der Waals surface area contributed by atoms with Crippen molar-refractivity contribution in [1.82, 2.24) is 4.31 Å². The van der Waals surface area contributed by atoms with Gasteiger partial charge in [0.2, 0.25) is 10.0 Å². The van der Waals surface area contributed by atoms with Crippen molar-refractivity contribution in [3.8, 4) is 0 Å². The molecule has 0 saturated carbocycles. The van der Waals surface area contributed by atoms with E-state index in [9.17, 15) is 8.42 Å². The van der Waals surface area contributed by atoms with Crippen molar-refractivity contribution in [2.75, 3.05) is 36.8 Å². The highest BCUT2D eigenvalue weighted by Gasteiger charge is 2.25. The van der Waals surface area contributed by atoms with E-state index in [0.717, 1.165) is 5.69 Å². The van der Waals surface area contributed by atoms with Gasteiger partial charge in [0.05, 0.1) is 15.8 Å². The summed E-state index contributed by atoms with van der Waals surface area (Å²) in [5.74, 6) is 0.153. The SMILES string of the molecule is CCS(=O)(=O)N1CCN(c2ccc(Cl)c(Cl)c2)CC1. The smallest absolute Gasteiger partial charge is 0.213 e. The summed E-state index contributed by atoms with van der Waals surface area (Å²) < 4.78 is 25.1. The zero-order chi connectivity index (χ0) is 14.0. The van der Waals surface area contributed by atoms with Crippen LogP contribution in [-0.4, -0.2) is 44.7 Å². The normalized spacial score (nSPS) is 17.7. The molecule has 0 atom stereocenters. The van der Waals surface area contributed by atoms with Crippen LogP contribution in [0.3, 0.4) is 0 Å². The third-order valence-corrected chi connectivity index (χ3v) is 5.89. The second-order valence-electron chi connectivity index (χ2n) is 4.39. The molecule has 0 aromatic heterocycles. The molecular formula is C12H16Cl2N2O2S. The summed E-state index contributed by atoms with van der Waals surface area (Å²) in [5.41, 5.74) is 0.975. The average molecular weight is 323 g/mol. The van der Waals surface area contributed by atoms with E-state index in [2.05, 4.69) is 4.90 Å². The van der Waals surface area contributed by atoms with Gasteiger partial charge in [-0.05, 0) is 25.1 Å². The summed E-state index contributed by atoms with van der Waals surface area (Å²) in [6.07, 6.45) is 0. The number of nitrogens with zero attached hydrogens (tertiary/aromatic N) is 2. The number of hydrogen-bond acceptors (Lipinski definition) is 3. The molecule has 1 aliphatic heterocycles. The standard InChI is InChI=1S/C12H16Cl2N2O2S/c1-2-19(17,18)16-7-5-15(6-8-16)10-3-4-11(13)12(14)9-10/h3-4,9H,2,5-8H2,1H3. The topological polar surface area (TPSA) is 40.6 Å². The van der Waals surface area contributed by atoms with Gasteiger partial charge in [-0.2, -0.15) is 4.31 Å². The number of rotatable bonds is 3. The van der Waals surface area contributed by atoms with E-state index in [0.29, 0.717) is 36.2 Å². The third kappa shape index (κ3) is 3.34. The van der Waals surface area contributed by atoms with E-state index in [-0.39, 0.29) is 5.75 Å². The van der Waals surface area contributed by atoms with E-state index >= 15 is 0 Å². The molecule has 1 aliphatic rings. The number of anilines is 1. The van der Waals surface area contributed by atoms with Crippen molar-refractivity contribution in [1.29, 1.82) is 0 Å². The Hall–Kier alpha value is -0.490. The summed E-state index contributed by atoms with van der Waals surface area (Å²) in [5, 5.41) is 1.04. The Labute approximate surface area is 124 Å². The molecule has 1 fully saturated rings. The quantitative estimate of drug-likeness (QED) is 0.858. The third-order valence-electron chi connectivity index (χ3n) is 3.27. The van der Waals surface area contributed by atoms with Gasteiger partial charge in [-0.3, -0.25) is 0 Å². The maximum absolute atomic E-state index is 11.8. The van der Waals surface area contributed by atoms with Crippen LogP contribution in [0.4, 0.5) is 5.69 Å². The molecule has 0 spiro atoms. The van der Waals surface area contributed by atoms with Gasteiger partial charge in [0, 0.05) is 31.9 Å². The van der Waals surface area contributed by atoms with Gasteiger partial charge in [-0.1, -0.05) is 23.2 Å². The Kier molecular flexibility index (Phi) is 4.61. The molecule has 0 amide bonds. The lowest BCUT2D eigenvalue weighted by Crippen LogP contribution is -2.49. The van der Waals surface area contributed by atoms with Gasteiger partial charge in [0.1, 0.15) is 0 Å². The molecule has 0 aliphatic carbocycles. The Morgan fingerprint density at radius 3 is 2.26 bits per heavy atom. The van der Waals surface area contributed by atoms with Gasteiger partial charge in [-0.15, -0.1) is 0 Å². The molecule has 0 bridgehead atoms. The summed E-state index contributed by atoms with van der Waals surface area (Å²) >= 11 is 11.9. The molecule has 1 aromatic rings. The predicted molar refractivity (Wildman–Crippen MR) is 79.7 cm³/mol. The summed E-state index contributed by atoms with van der Waals surface area (Å²) in [6.45, 7) is 4.02. The molecule has 0 N–H and O–H groups in total. The lowest BCUT2D eigenvalue weighted by molar-refractivity contribution is 0.385. The van der Waals surface area contributed by atoms with E-state index in [4.69, 9.17) is 23.2 Å². The Bertz CT molecular complexity index is 555. The lowest BCUT2D eigenvalue weighted by atomic mass is 10.2. The highest BCUT2D eigenvalue weighted by molar-refractivity contribution is 7.89. The molecule has 19 heavy (non-hydrogen) atoms. The first-order chi connectivity index (χ1) is 8.94. The van der Waals surface area contributed by atoms with Crippen LogP contribution in [-0.2, 0) is 10.0 Å². The summed E-state index contributed by atoms with van der Waals surface area (Å²) in [6, 6.07) is 5.47. The molecule has 4 nitrogen and oxygen atoms in total. The number of piperazine rings is 1. The first-order valence-electron chi connectivity index (χ1n) is 6.12. The minimum absolute atomic E-state index is 0.153. The molecule has 0 radical (unpaired) electrons. The van der Waals surface area contributed by atoms with Crippen LogP contribution in [0, 0.1) is 0 Å². The zero-order valence-corrected chi connectivity index (χ0v) is 13.0. The van der Waals surface area contributed by atoms with Gasteiger partial charge in [0.25, 0.3) is 0 Å². The van der Waals surface area contributed by atoms with Crippen molar-refractivity contribution in [2.45, 2.75) is 6.92 Å². The van der Waals surface area contributed by atoms with Gasteiger partial charge < -0.3 is 4.90 Å². The predicted octanol–water partition coefficient (Wildman–Crippen LogP) is 2.47. The Balaban J connectivity index is 2.06. The lowest BCUT2D eigenvalue weighted by Gasteiger charge is -2.35. The first-order valence-corrected chi connectivity index (χ1v) is 8.48. The van der Waals surface area contributed by atoms with Crippen LogP contribution in [0.25, 0.3) is 0 Å². The molecule has 1 saturated heterocycles. The number of benzene rings is 1. The molecule has 106 valence electrons. The fourth-order valence-electron chi connectivity index (χ4n) is 2.09. The van der Waals surface area contributed by atoms with Crippen LogP contribution < -0.4 is 4.90 Å². The van der Waals surface area contributed by atoms with Gasteiger partial charge in [-0.25, -0.2) is 8.42 Å². The zero-order valence-electron chi connectivity index (χ0n) is 10.6. The van der Waals surface area contributed by atoms with Gasteiger partial charge in [0.15, 0.2) is 0 Å². The highest BCUT2D eigenvalue weighted by Crippen LogP contribution is 2.27. The molecule has 0 unspecified atom stereocenters. The highest BCUT2D eigenvalue weighted by atomic mass is 35.5. The second kappa shape index (κ2) is 5.87. The van der Waals surface area contributed by atoms with Crippen LogP contribution in [0.5, 0.6) is 0 Å². The van der Waals surface area contributed by atoms with Crippen LogP contribution >= 0.6 is 23.2 Å². The van der Waals surface area contributed by atoms with E-state index in [1.807, 2.05) is 12.1 Å².